The number of thiazole rings is 1. The predicted molar refractivity (Wildman–Crippen MR) is 172 cm³/mol. The number of benzene rings is 2. The van der Waals surface area contributed by atoms with Crippen LogP contribution in [0.4, 0.5) is 0 Å². The molecule has 1 aliphatic rings. The van der Waals surface area contributed by atoms with Crippen molar-refractivity contribution in [2.45, 2.75) is 33.7 Å². The van der Waals surface area contributed by atoms with Crippen LogP contribution in [-0.4, -0.2) is 57.2 Å². The number of aromatic nitrogens is 1. The maximum absolute atomic E-state index is 14.1. The Bertz CT molecular complexity index is 1780. The first-order valence-corrected chi connectivity index (χ1v) is 15.7. The molecule has 0 spiro atoms. The largest absolute Gasteiger partial charge is 0.493 e. The van der Waals surface area contributed by atoms with Gasteiger partial charge in [0, 0.05) is 0 Å². The lowest BCUT2D eigenvalue weighted by molar-refractivity contribution is -0.143. The van der Waals surface area contributed by atoms with Crippen LogP contribution in [0.5, 0.6) is 23.0 Å². The van der Waals surface area contributed by atoms with Gasteiger partial charge in [0.15, 0.2) is 34.4 Å². The highest BCUT2D eigenvalue weighted by Gasteiger charge is 2.34. The first-order valence-electron chi connectivity index (χ1n) is 13.8. The molecule has 2 heterocycles. The molecular formula is C31H33IN2O9S. The number of halogens is 1. The third kappa shape index (κ3) is 6.93. The Morgan fingerprint density at radius 2 is 1.75 bits per heavy atom. The molecule has 13 heteroatoms. The van der Waals surface area contributed by atoms with Gasteiger partial charge in [-0.2, -0.15) is 0 Å². The van der Waals surface area contributed by atoms with Gasteiger partial charge in [0.05, 0.1) is 59.5 Å². The van der Waals surface area contributed by atoms with Crippen LogP contribution in [-0.2, 0) is 19.1 Å². The van der Waals surface area contributed by atoms with Crippen molar-refractivity contribution < 1.29 is 38.0 Å². The number of nitrogens with zero attached hydrogens (tertiary/aromatic N) is 2. The van der Waals surface area contributed by atoms with Gasteiger partial charge in [-0.25, -0.2) is 14.6 Å². The highest BCUT2D eigenvalue weighted by atomic mass is 127. The van der Waals surface area contributed by atoms with Crippen molar-refractivity contribution in [1.29, 1.82) is 0 Å². The second kappa shape index (κ2) is 14.8. The molecule has 1 aromatic heterocycles. The van der Waals surface area contributed by atoms with Gasteiger partial charge >= 0.3 is 11.9 Å². The van der Waals surface area contributed by atoms with Gasteiger partial charge in [-0.05, 0) is 91.8 Å². The van der Waals surface area contributed by atoms with Crippen molar-refractivity contribution in [2.75, 3.05) is 40.6 Å². The molecule has 0 bridgehead atoms. The molecule has 0 saturated carbocycles. The number of ether oxygens (including phenoxy) is 6. The lowest BCUT2D eigenvalue weighted by Gasteiger charge is -2.25. The average Bonchev–Trinajstić information content (AvgIpc) is 3.30. The molecule has 0 N–H and O–H groups in total. The zero-order valence-corrected chi connectivity index (χ0v) is 28.2. The number of carbonyl (C=O) groups is 2. The van der Waals surface area contributed by atoms with Crippen molar-refractivity contribution >= 4 is 51.9 Å². The van der Waals surface area contributed by atoms with Crippen molar-refractivity contribution in [2.24, 2.45) is 4.99 Å². The summed E-state index contributed by atoms with van der Waals surface area (Å²) in [5, 5.41) is 0. The zero-order valence-electron chi connectivity index (χ0n) is 25.2. The number of hydrogen-bond donors (Lipinski definition) is 0. The minimum Gasteiger partial charge on any atom is -0.493 e. The maximum atomic E-state index is 14.1. The van der Waals surface area contributed by atoms with Crippen molar-refractivity contribution in [3.63, 3.8) is 0 Å². The molecule has 0 fully saturated rings. The van der Waals surface area contributed by atoms with E-state index >= 15 is 0 Å². The standard InChI is InChI=1S/C31H33IN2O9S/c1-7-40-22-15-19(10-11-21(22)43-16-25(35)39-6)27-26(30(37)42-9-3)17(4)33-31-34(27)29(36)24(44-31)14-18-12-20(32)28(41-8-2)23(13-18)38-5/h10-15,27H,7-9,16H2,1-6H3/b24-14+/t27-/m0/s1. The number of hydrogen-bond acceptors (Lipinski definition) is 11. The first-order chi connectivity index (χ1) is 21.2. The van der Waals surface area contributed by atoms with E-state index in [1.807, 2.05) is 19.9 Å². The van der Waals surface area contributed by atoms with Crippen LogP contribution < -0.4 is 33.8 Å². The minimum atomic E-state index is -0.865. The second-order valence-corrected chi connectivity index (χ2v) is 11.4. The van der Waals surface area contributed by atoms with Gasteiger partial charge in [-0.1, -0.05) is 17.4 Å². The van der Waals surface area contributed by atoms with Crippen molar-refractivity contribution in [1.82, 2.24) is 4.57 Å². The Morgan fingerprint density at radius 1 is 1.00 bits per heavy atom. The number of allylic oxidation sites excluding steroid dienone is 1. The maximum Gasteiger partial charge on any atom is 0.343 e. The Hall–Kier alpha value is -3.85. The third-order valence-corrected chi connectivity index (χ3v) is 8.30. The lowest BCUT2D eigenvalue weighted by Crippen LogP contribution is -2.40. The summed E-state index contributed by atoms with van der Waals surface area (Å²) in [6, 6.07) is 7.88. The van der Waals surface area contributed by atoms with Crippen LogP contribution in [0.15, 0.2) is 51.4 Å². The SMILES string of the molecule is CCOC(=O)C1=C(C)N=c2s/c(=C/c3cc(I)c(OCC)c(OC)c3)c(=O)n2[C@H]1c1ccc(OCC(=O)OC)c(OCC)c1. The first kappa shape index (κ1) is 33.1. The van der Waals surface area contributed by atoms with Gasteiger partial charge < -0.3 is 28.4 Å². The summed E-state index contributed by atoms with van der Waals surface area (Å²) in [6.45, 7) is 7.76. The number of carbonyl (C=O) groups excluding carboxylic acids is 2. The fraction of sp³-hybridized carbons (Fsp3) is 0.355. The summed E-state index contributed by atoms with van der Waals surface area (Å²) in [7, 11) is 2.83. The monoisotopic (exact) mass is 736 g/mol. The zero-order chi connectivity index (χ0) is 32.0. The van der Waals surface area contributed by atoms with Crippen molar-refractivity contribution in [3.8, 4) is 23.0 Å². The summed E-state index contributed by atoms with van der Waals surface area (Å²) in [5.41, 5.74) is 1.64. The van der Waals surface area contributed by atoms with E-state index in [-0.39, 0.29) is 24.3 Å². The van der Waals surface area contributed by atoms with Crippen molar-refractivity contribution in [3.05, 3.63) is 76.0 Å². The van der Waals surface area contributed by atoms with Gasteiger partial charge in [0.1, 0.15) is 0 Å². The molecule has 11 nitrogen and oxygen atoms in total. The molecule has 0 amide bonds. The van der Waals surface area contributed by atoms with Crippen LogP contribution in [0, 0.1) is 3.57 Å². The van der Waals surface area contributed by atoms with E-state index in [1.54, 1.807) is 51.3 Å². The average molecular weight is 737 g/mol. The number of methoxy groups -OCH3 is 2. The molecular weight excluding hydrogens is 703 g/mol. The third-order valence-electron chi connectivity index (χ3n) is 6.51. The van der Waals surface area contributed by atoms with Crippen LogP contribution in [0.3, 0.4) is 0 Å². The molecule has 1 aliphatic heterocycles. The summed E-state index contributed by atoms with van der Waals surface area (Å²) in [6.07, 6.45) is 1.76. The Labute approximate surface area is 271 Å². The highest BCUT2D eigenvalue weighted by Crippen LogP contribution is 2.37. The van der Waals surface area contributed by atoms with E-state index < -0.39 is 18.0 Å². The second-order valence-electron chi connectivity index (χ2n) is 9.27. The van der Waals surface area contributed by atoms with Crippen LogP contribution in [0.1, 0.15) is 44.9 Å². The summed E-state index contributed by atoms with van der Waals surface area (Å²) in [5.74, 6) is 0.701. The number of rotatable bonds is 12. The number of esters is 2. The quantitative estimate of drug-likeness (QED) is 0.202. The fourth-order valence-corrected chi connectivity index (χ4v) is 6.47. The predicted octanol–water partition coefficient (Wildman–Crippen LogP) is 3.76. The minimum absolute atomic E-state index is 0.148. The van der Waals surface area contributed by atoms with Gasteiger partial charge in [0.2, 0.25) is 0 Å². The van der Waals surface area contributed by atoms with E-state index in [0.29, 0.717) is 56.8 Å². The molecule has 0 unspecified atom stereocenters. The molecule has 44 heavy (non-hydrogen) atoms. The Morgan fingerprint density at radius 3 is 2.41 bits per heavy atom. The smallest absolute Gasteiger partial charge is 0.343 e. The van der Waals surface area contributed by atoms with Gasteiger partial charge in [0.25, 0.3) is 5.56 Å². The molecule has 2 aromatic carbocycles. The van der Waals surface area contributed by atoms with E-state index in [0.717, 1.165) is 9.13 Å². The summed E-state index contributed by atoms with van der Waals surface area (Å²) >= 11 is 3.38. The van der Waals surface area contributed by atoms with Gasteiger partial charge in [-0.15, -0.1) is 0 Å². The Kier molecular flexibility index (Phi) is 11.1. The molecule has 0 saturated heterocycles. The molecule has 4 rings (SSSR count). The molecule has 1 atom stereocenters. The molecule has 0 radical (unpaired) electrons. The highest BCUT2D eigenvalue weighted by molar-refractivity contribution is 14.1. The van der Waals surface area contributed by atoms with E-state index in [4.69, 9.17) is 23.7 Å². The molecule has 3 aromatic rings. The van der Waals surface area contributed by atoms with Crippen LogP contribution >= 0.6 is 33.9 Å². The summed E-state index contributed by atoms with van der Waals surface area (Å²) in [4.78, 5) is 44.1. The number of fused-ring (bicyclic) bond motifs is 1. The van der Waals surface area contributed by atoms with E-state index in [1.165, 1.54) is 23.0 Å². The van der Waals surface area contributed by atoms with E-state index in [2.05, 4.69) is 32.3 Å². The fourth-order valence-electron chi connectivity index (χ4n) is 4.64. The molecule has 234 valence electrons. The lowest BCUT2D eigenvalue weighted by atomic mass is 9.95. The van der Waals surface area contributed by atoms with E-state index in [9.17, 15) is 14.4 Å². The Balaban J connectivity index is 1.90. The summed E-state index contributed by atoms with van der Waals surface area (Å²) < 4.78 is 35.5. The van der Waals surface area contributed by atoms with Gasteiger partial charge in [-0.3, -0.25) is 9.36 Å². The van der Waals surface area contributed by atoms with Crippen LogP contribution in [0.25, 0.3) is 6.08 Å². The van der Waals surface area contributed by atoms with Crippen LogP contribution in [0.2, 0.25) is 0 Å². The molecule has 0 aliphatic carbocycles. The topological polar surface area (TPSA) is 124 Å². The normalized spacial score (nSPS) is 14.4.